The number of hydrogen-bond donors (Lipinski definition) is 1. The van der Waals surface area contributed by atoms with Gasteiger partial charge >= 0.3 is 0 Å². The van der Waals surface area contributed by atoms with Crippen LogP contribution in [0.25, 0.3) is 0 Å². The van der Waals surface area contributed by atoms with Crippen LogP contribution in [0.3, 0.4) is 0 Å². The standard InChI is InChI=1S/C16H28N4/c1-3-6-15-11-17-16(8-4-5-9-16)13-20(15)12-14-7-10-19(2)18-14/h7,10,15,17H,3-6,8-9,11-13H2,1-2H3. The van der Waals surface area contributed by atoms with E-state index in [1.165, 1.54) is 50.8 Å². The Kier molecular flexibility index (Phi) is 4.13. The third-order valence-electron chi connectivity index (χ3n) is 5.05. The molecule has 1 aliphatic carbocycles. The average Bonchev–Trinajstić information content (AvgIpc) is 3.04. The largest absolute Gasteiger partial charge is 0.308 e. The molecule has 1 saturated carbocycles. The van der Waals surface area contributed by atoms with Gasteiger partial charge in [-0.05, 0) is 25.3 Å². The van der Waals surface area contributed by atoms with Crippen molar-refractivity contribution >= 4 is 0 Å². The third kappa shape index (κ3) is 2.91. The highest BCUT2D eigenvalue weighted by molar-refractivity contribution is 5.04. The minimum absolute atomic E-state index is 0.402. The molecule has 0 radical (unpaired) electrons. The molecule has 1 aromatic rings. The van der Waals surface area contributed by atoms with Gasteiger partial charge < -0.3 is 5.32 Å². The molecule has 1 saturated heterocycles. The summed E-state index contributed by atoms with van der Waals surface area (Å²) in [5, 5.41) is 8.45. The summed E-state index contributed by atoms with van der Waals surface area (Å²) < 4.78 is 1.91. The maximum atomic E-state index is 4.57. The Balaban J connectivity index is 1.71. The third-order valence-corrected chi connectivity index (χ3v) is 5.05. The molecule has 0 bridgehead atoms. The molecule has 0 amide bonds. The first-order valence-corrected chi connectivity index (χ1v) is 8.18. The van der Waals surface area contributed by atoms with E-state index in [0.29, 0.717) is 11.6 Å². The molecule has 1 spiro atoms. The highest BCUT2D eigenvalue weighted by Gasteiger charge is 2.40. The van der Waals surface area contributed by atoms with Crippen LogP contribution in [-0.4, -0.2) is 39.4 Å². The molecule has 4 heteroatoms. The lowest BCUT2D eigenvalue weighted by Gasteiger charge is -2.46. The first-order chi connectivity index (χ1) is 9.71. The summed E-state index contributed by atoms with van der Waals surface area (Å²) >= 11 is 0. The molecule has 1 unspecified atom stereocenters. The quantitative estimate of drug-likeness (QED) is 0.916. The number of hydrogen-bond acceptors (Lipinski definition) is 3. The topological polar surface area (TPSA) is 33.1 Å². The number of aromatic nitrogens is 2. The van der Waals surface area contributed by atoms with Crippen LogP contribution in [0.1, 0.15) is 51.1 Å². The molecule has 1 N–H and O–H groups in total. The Morgan fingerprint density at radius 3 is 2.85 bits per heavy atom. The van der Waals surface area contributed by atoms with Gasteiger partial charge in [-0.1, -0.05) is 26.2 Å². The second-order valence-electron chi connectivity index (χ2n) is 6.70. The predicted molar refractivity (Wildman–Crippen MR) is 81.5 cm³/mol. The minimum Gasteiger partial charge on any atom is -0.308 e. The monoisotopic (exact) mass is 276 g/mol. The van der Waals surface area contributed by atoms with Gasteiger partial charge in [-0.2, -0.15) is 5.10 Å². The normalized spacial score (nSPS) is 26.4. The molecule has 0 aromatic carbocycles. The van der Waals surface area contributed by atoms with Gasteiger partial charge in [0.15, 0.2) is 0 Å². The van der Waals surface area contributed by atoms with E-state index in [4.69, 9.17) is 0 Å². The van der Waals surface area contributed by atoms with Crippen LogP contribution in [0.4, 0.5) is 0 Å². The zero-order chi connectivity index (χ0) is 14.0. The van der Waals surface area contributed by atoms with Crippen LogP contribution in [0.2, 0.25) is 0 Å². The molecular weight excluding hydrogens is 248 g/mol. The average molecular weight is 276 g/mol. The van der Waals surface area contributed by atoms with E-state index in [0.717, 1.165) is 13.1 Å². The van der Waals surface area contributed by atoms with Crippen LogP contribution in [0.15, 0.2) is 12.3 Å². The maximum absolute atomic E-state index is 4.57. The molecule has 2 heterocycles. The summed E-state index contributed by atoms with van der Waals surface area (Å²) in [5.41, 5.74) is 1.61. The van der Waals surface area contributed by atoms with Crippen molar-refractivity contribution in [3.8, 4) is 0 Å². The van der Waals surface area contributed by atoms with E-state index in [-0.39, 0.29) is 0 Å². The highest BCUT2D eigenvalue weighted by Crippen LogP contribution is 2.34. The fourth-order valence-electron chi connectivity index (χ4n) is 3.98. The van der Waals surface area contributed by atoms with E-state index in [9.17, 15) is 0 Å². The van der Waals surface area contributed by atoms with Gasteiger partial charge in [0.25, 0.3) is 0 Å². The highest BCUT2D eigenvalue weighted by atomic mass is 15.3. The second kappa shape index (κ2) is 5.86. The van der Waals surface area contributed by atoms with Crippen molar-refractivity contribution < 1.29 is 0 Å². The van der Waals surface area contributed by atoms with Crippen molar-refractivity contribution in [1.29, 1.82) is 0 Å². The maximum Gasteiger partial charge on any atom is 0.0764 e. The number of nitrogens with one attached hydrogen (secondary N) is 1. The van der Waals surface area contributed by atoms with E-state index in [2.05, 4.69) is 34.5 Å². The molecule has 20 heavy (non-hydrogen) atoms. The van der Waals surface area contributed by atoms with Gasteiger partial charge in [0.1, 0.15) is 0 Å². The smallest absolute Gasteiger partial charge is 0.0764 e. The molecule has 2 fully saturated rings. The molecule has 1 aliphatic heterocycles. The van der Waals surface area contributed by atoms with Crippen LogP contribution >= 0.6 is 0 Å². The fourth-order valence-corrected chi connectivity index (χ4v) is 3.98. The van der Waals surface area contributed by atoms with Gasteiger partial charge in [-0.15, -0.1) is 0 Å². The zero-order valence-corrected chi connectivity index (χ0v) is 12.9. The van der Waals surface area contributed by atoms with Crippen molar-refractivity contribution in [3.05, 3.63) is 18.0 Å². The van der Waals surface area contributed by atoms with Crippen molar-refractivity contribution in [2.75, 3.05) is 13.1 Å². The predicted octanol–water partition coefficient (Wildman–Crippen LogP) is 2.31. The Morgan fingerprint density at radius 2 is 2.20 bits per heavy atom. The summed E-state index contributed by atoms with van der Waals surface area (Å²) in [6.45, 7) is 5.66. The van der Waals surface area contributed by atoms with E-state index < -0.39 is 0 Å². The summed E-state index contributed by atoms with van der Waals surface area (Å²) in [6, 6.07) is 2.83. The van der Waals surface area contributed by atoms with Crippen LogP contribution in [0, 0.1) is 0 Å². The van der Waals surface area contributed by atoms with E-state index >= 15 is 0 Å². The Morgan fingerprint density at radius 1 is 1.40 bits per heavy atom. The SMILES string of the molecule is CCCC1CNC2(CCCC2)CN1Cc1ccn(C)n1. The summed E-state index contributed by atoms with van der Waals surface area (Å²) in [7, 11) is 2.00. The van der Waals surface area contributed by atoms with E-state index in [1.54, 1.807) is 0 Å². The van der Waals surface area contributed by atoms with Gasteiger partial charge in [0.2, 0.25) is 0 Å². The summed E-state index contributed by atoms with van der Waals surface area (Å²) in [6.07, 6.45) is 10.1. The second-order valence-corrected chi connectivity index (χ2v) is 6.70. The van der Waals surface area contributed by atoms with Crippen molar-refractivity contribution in [1.82, 2.24) is 20.0 Å². The lowest BCUT2D eigenvalue weighted by Crippen LogP contribution is -2.62. The molecular formula is C16H28N4. The number of aryl methyl sites for hydroxylation is 1. The summed E-state index contributed by atoms with van der Waals surface area (Å²) in [4.78, 5) is 2.69. The first-order valence-electron chi connectivity index (χ1n) is 8.18. The van der Waals surface area contributed by atoms with E-state index in [1.807, 2.05) is 11.7 Å². The number of piperazine rings is 1. The van der Waals surface area contributed by atoms with Gasteiger partial charge in [-0.25, -0.2) is 0 Å². The molecule has 4 nitrogen and oxygen atoms in total. The molecule has 1 atom stereocenters. The lowest BCUT2D eigenvalue weighted by atomic mass is 9.91. The zero-order valence-electron chi connectivity index (χ0n) is 12.9. The number of rotatable bonds is 4. The van der Waals surface area contributed by atoms with Crippen molar-refractivity contribution in [3.63, 3.8) is 0 Å². The lowest BCUT2D eigenvalue weighted by molar-refractivity contribution is 0.0678. The Hall–Kier alpha value is -0.870. The van der Waals surface area contributed by atoms with Gasteiger partial charge in [0.05, 0.1) is 5.69 Å². The Bertz CT molecular complexity index is 433. The molecule has 112 valence electrons. The van der Waals surface area contributed by atoms with Gasteiger partial charge in [-0.3, -0.25) is 9.58 Å². The van der Waals surface area contributed by atoms with Crippen molar-refractivity contribution in [2.24, 2.45) is 7.05 Å². The minimum atomic E-state index is 0.402. The first kappa shape index (κ1) is 14.1. The Labute approximate surface area is 122 Å². The van der Waals surface area contributed by atoms with Crippen LogP contribution < -0.4 is 5.32 Å². The van der Waals surface area contributed by atoms with Gasteiger partial charge in [0, 0.05) is 44.5 Å². The van der Waals surface area contributed by atoms with Crippen molar-refractivity contribution in [2.45, 2.75) is 63.6 Å². The van der Waals surface area contributed by atoms with Crippen LogP contribution in [0.5, 0.6) is 0 Å². The summed E-state index contributed by atoms with van der Waals surface area (Å²) in [5.74, 6) is 0. The molecule has 3 rings (SSSR count). The van der Waals surface area contributed by atoms with Crippen LogP contribution in [-0.2, 0) is 13.6 Å². The number of nitrogens with zero attached hydrogens (tertiary/aromatic N) is 3. The molecule has 1 aromatic heterocycles. The molecule has 2 aliphatic rings. The fraction of sp³-hybridized carbons (Fsp3) is 0.812.